The Morgan fingerprint density at radius 1 is 1.03 bits per heavy atom. The highest BCUT2D eigenvalue weighted by Gasteiger charge is 2.29. The minimum atomic E-state index is -0.309. The molecule has 6 nitrogen and oxygen atoms in total. The van der Waals surface area contributed by atoms with Crippen molar-refractivity contribution in [3.05, 3.63) is 78.0 Å². The molecule has 4 rings (SSSR count). The molecule has 1 aliphatic heterocycles. The highest BCUT2D eigenvalue weighted by Crippen LogP contribution is 2.32. The number of nitrogens with zero attached hydrogens (tertiary/aromatic N) is 2. The van der Waals surface area contributed by atoms with Crippen LogP contribution < -0.4 is 14.8 Å². The molecule has 31 heavy (non-hydrogen) atoms. The summed E-state index contributed by atoms with van der Waals surface area (Å²) < 4.78 is 11.2. The van der Waals surface area contributed by atoms with Gasteiger partial charge in [0, 0.05) is 6.07 Å². The van der Waals surface area contributed by atoms with Crippen LogP contribution in [0.5, 0.6) is 17.4 Å². The Morgan fingerprint density at radius 2 is 1.81 bits per heavy atom. The number of hydrogen-bond donors (Lipinski definition) is 1. The van der Waals surface area contributed by atoms with Crippen molar-refractivity contribution in [2.75, 3.05) is 25.5 Å². The number of methoxy groups -OCH3 is 1. The Labute approximate surface area is 182 Å². The molecule has 1 fully saturated rings. The molecule has 1 aliphatic rings. The van der Waals surface area contributed by atoms with Crippen LogP contribution in [0.2, 0.25) is 0 Å². The monoisotopic (exact) mass is 417 g/mol. The molecule has 2 heterocycles. The third-order valence-electron chi connectivity index (χ3n) is 5.41. The fourth-order valence-electron chi connectivity index (χ4n) is 3.86. The molecule has 6 heteroatoms. The number of likely N-dealkylation sites (tertiary alicyclic amines) is 1. The first-order valence-corrected chi connectivity index (χ1v) is 10.5. The molecular formula is C25H27N3O3. The fraction of sp³-hybridized carbons (Fsp3) is 0.280. The summed E-state index contributed by atoms with van der Waals surface area (Å²) in [6.45, 7) is 3.85. The van der Waals surface area contributed by atoms with Gasteiger partial charge in [0.25, 0.3) is 0 Å². The van der Waals surface area contributed by atoms with Gasteiger partial charge in [-0.25, -0.2) is 4.98 Å². The number of pyridine rings is 1. The Hall–Kier alpha value is -3.38. The zero-order chi connectivity index (χ0) is 21.6. The Morgan fingerprint density at radius 3 is 2.48 bits per heavy atom. The average Bonchev–Trinajstić information content (AvgIpc) is 3.31. The van der Waals surface area contributed by atoms with Gasteiger partial charge in [-0.05, 0) is 62.2 Å². The largest absolute Gasteiger partial charge is 0.493 e. The van der Waals surface area contributed by atoms with Crippen LogP contribution in [0.25, 0.3) is 0 Å². The van der Waals surface area contributed by atoms with Crippen molar-refractivity contribution in [3.63, 3.8) is 0 Å². The van der Waals surface area contributed by atoms with Gasteiger partial charge in [0.2, 0.25) is 11.8 Å². The van der Waals surface area contributed by atoms with Crippen LogP contribution in [0, 0.1) is 6.92 Å². The van der Waals surface area contributed by atoms with E-state index in [2.05, 4.69) is 15.2 Å². The van der Waals surface area contributed by atoms with E-state index in [9.17, 15) is 4.79 Å². The summed E-state index contributed by atoms with van der Waals surface area (Å²) in [5.41, 5.74) is 2.72. The van der Waals surface area contributed by atoms with Gasteiger partial charge < -0.3 is 14.8 Å². The van der Waals surface area contributed by atoms with E-state index in [4.69, 9.17) is 9.47 Å². The molecule has 1 N–H and O–H groups in total. The van der Waals surface area contributed by atoms with Crippen molar-refractivity contribution in [1.29, 1.82) is 0 Å². The second-order valence-corrected chi connectivity index (χ2v) is 7.69. The summed E-state index contributed by atoms with van der Waals surface area (Å²) >= 11 is 0. The lowest BCUT2D eigenvalue weighted by atomic mass is 10.0. The quantitative estimate of drug-likeness (QED) is 0.588. The molecule has 1 atom stereocenters. The summed E-state index contributed by atoms with van der Waals surface area (Å²) in [6, 6.07) is 18.9. The second-order valence-electron chi connectivity index (χ2n) is 7.69. The zero-order valence-electron chi connectivity index (χ0n) is 17.9. The summed E-state index contributed by atoms with van der Waals surface area (Å²) in [5.74, 6) is 1.62. The topological polar surface area (TPSA) is 63.7 Å². The number of carbonyl (C=O) groups is 1. The van der Waals surface area contributed by atoms with E-state index in [0.717, 1.165) is 37.1 Å². The minimum Gasteiger partial charge on any atom is -0.493 e. The third-order valence-corrected chi connectivity index (χ3v) is 5.41. The van der Waals surface area contributed by atoms with Gasteiger partial charge in [0.1, 0.15) is 6.04 Å². The van der Waals surface area contributed by atoms with Crippen LogP contribution in [0.3, 0.4) is 0 Å². The highest BCUT2D eigenvalue weighted by molar-refractivity contribution is 5.95. The predicted molar refractivity (Wildman–Crippen MR) is 121 cm³/mol. The zero-order valence-corrected chi connectivity index (χ0v) is 17.9. The molecule has 0 spiro atoms. The molecule has 3 aromatic rings. The molecule has 0 radical (unpaired) electrons. The van der Waals surface area contributed by atoms with Gasteiger partial charge in [-0.2, -0.15) is 0 Å². The van der Waals surface area contributed by atoms with Crippen molar-refractivity contribution in [2.45, 2.75) is 25.8 Å². The molecule has 160 valence electrons. The summed E-state index contributed by atoms with van der Waals surface area (Å²) in [7, 11) is 1.61. The Bertz CT molecular complexity index is 1020. The first kappa shape index (κ1) is 20.9. The fourth-order valence-corrected chi connectivity index (χ4v) is 3.86. The summed E-state index contributed by atoms with van der Waals surface area (Å²) in [5, 5.41) is 3.02. The number of carbonyl (C=O) groups excluding carboxylic acids is 1. The molecule has 1 amide bonds. The van der Waals surface area contributed by atoms with Gasteiger partial charge in [0.15, 0.2) is 11.5 Å². The van der Waals surface area contributed by atoms with E-state index in [1.54, 1.807) is 25.4 Å². The highest BCUT2D eigenvalue weighted by atomic mass is 16.5. The minimum absolute atomic E-state index is 0.0521. The average molecular weight is 418 g/mol. The SMILES string of the molecule is COc1cc(C)ccc1Oc1ccc(NC(=O)C(c2ccccc2)N2CCCC2)cn1. The molecule has 0 aliphatic carbocycles. The summed E-state index contributed by atoms with van der Waals surface area (Å²) in [6.07, 6.45) is 3.85. The maximum absolute atomic E-state index is 13.2. The number of ether oxygens (including phenoxy) is 2. The standard InChI is InChI=1S/C25H27N3O3/c1-18-10-12-21(22(16-18)30-2)31-23-13-11-20(17-26-23)27-25(29)24(28-14-6-7-15-28)19-8-4-3-5-9-19/h3-5,8-13,16-17,24H,6-7,14-15H2,1-2H3,(H,27,29). The van der Waals surface area contributed by atoms with Gasteiger partial charge in [-0.15, -0.1) is 0 Å². The lowest BCUT2D eigenvalue weighted by Gasteiger charge is -2.26. The van der Waals surface area contributed by atoms with E-state index in [-0.39, 0.29) is 11.9 Å². The van der Waals surface area contributed by atoms with Crippen molar-refractivity contribution >= 4 is 11.6 Å². The number of benzene rings is 2. The maximum atomic E-state index is 13.2. The van der Waals surface area contributed by atoms with Crippen LogP contribution in [-0.4, -0.2) is 36.0 Å². The third kappa shape index (κ3) is 5.03. The Kier molecular flexibility index (Phi) is 6.48. The normalized spacial score (nSPS) is 14.8. The predicted octanol–water partition coefficient (Wildman–Crippen LogP) is 4.97. The van der Waals surface area contributed by atoms with Crippen LogP contribution in [0.15, 0.2) is 66.9 Å². The van der Waals surface area contributed by atoms with E-state index in [1.165, 1.54) is 0 Å². The lowest BCUT2D eigenvalue weighted by Crippen LogP contribution is -2.35. The van der Waals surface area contributed by atoms with Gasteiger partial charge >= 0.3 is 0 Å². The van der Waals surface area contributed by atoms with E-state index in [1.807, 2.05) is 55.5 Å². The van der Waals surface area contributed by atoms with Crippen LogP contribution in [0.4, 0.5) is 5.69 Å². The molecule has 0 saturated carbocycles. The molecule has 1 saturated heterocycles. The number of amides is 1. The smallest absolute Gasteiger partial charge is 0.246 e. The maximum Gasteiger partial charge on any atom is 0.246 e. The molecule has 1 unspecified atom stereocenters. The van der Waals surface area contributed by atoms with Crippen molar-refractivity contribution < 1.29 is 14.3 Å². The summed E-state index contributed by atoms with van der Waals surface area (Å²) in [4.78, 5) is 19.7. The van der Waals surface area contributed by atoms with Gasteiger partial charge in [-0.1, -0.05) is 36.4 Å². The Balaban J connectivity index is 1.47. The first-order valence-electron chi connectivity index (χ1n) is 10.5. The molecule has 1 aromatic heterocycles. The molecular weight excluding hydrogens is 390 g/mol. The van der Waals surface area contributed by atoms with Crippen LogP contribution in [0.1, 0.15) is 30.0 Å². The van der Waals surface area contributed by atoms with Crippen LogP contribution in [-0.2, 0) is 4.79 Å². The van der Waals surface area contributed by atoms with E-state index < -0.39 is 0 Å². The molecule has 0 bridgehead atoms. The van der Waals surface area contributed by atoms with Crippen molar-refractivity contribution in [2.24, 2.45) is 0 Å². The van der Waals surface area contributed by atoms with E-state index >= 15 is 0 Å². The van der Waals surface area contributed by atoms with Crippen molar-refractivity contribution in [1.82, 2.24) is 9.88 Å². The van der Waals surface area contributed by atoms with Crippen LogP contribution >= 0.6 is 0 Å². The molecule has 2 aromatic carbocycles. The number of hydrogen-bond acceptors (Lipinski definition) is 5. The number of nitrogens with one attached hydrogen (secondary N) is 1. The lowest BCUT2D eigenvalue weighted by molar-refractivity contribution is -0.121. The van der Waals surface area contributed by atoms with Crippen molar-refractivity contribution in [3.8, 4) is 17.4 Å². The number of anilines is 1. The second kappa shape index (κ2) is 9.62. The number of aryl methyl sites for hydroxylation is 1. The first-order chi connectivity index (χ1) is 15.1. The van der Waals surface area contributed by atoms with Gasteiger partial charge in [-0.3, -0.25) is 9.69 Å². The van der Waals surface area contributed by atoms with Gasteiger partial charge in [0.05, 0.1) is 19.0 Å². The van der Waals surface area contributed by atoms with E-state index in [0.29, 0.717) is 23.1 Å². The number of rotatable bonds is 7. The number of aromatic nitrogens is 1.